The molecule has 2 bridgehead atoms. The molecule has 1 saturated heterocycles. The molecule has 1 aromatic heterocycles. The van der Waals surface area contributed by atoms with Crippen molar-refractivity contribution in [1.82, 2.24) is 4.98 Å². The van der Waals surface area contributed by atoms with Crippen LogP contribution in [0, 0.1) is 17.3 Å². The van der Waals surface area contributed by atoms with E-state index < -0.39 is 77.4 Å². The molecule has 3 fully saturated rings. The quantitative estimate of drug-likeness (QED) is 0.371. The standard InChI is InChI=1S/C32H37NO10/c1-18-14-24(40-19(2)34)26(41-20(3)35)31(17-39-28(37)22-12-9-13-33-16-22)27(42-29(38)21-10-7-6-8-11-21)25(36)23-15-32(18,31)43-30(23,4)5/h6-13,16,18,23-27,36H,14-15,17H2,1-5H3/t18-,23+,24+,25-,26+,27+,31+,32+/m1/s1. The molecule has 1 spiro atoms. The Bertz CT molecular complexity index is 1380. The van der Waals surface area contributed by atoms with Crippen molar-refractivity contribution in [3.8, 4) is 0 Å². The first-order valence-corrected chi connectivity index (χ1v) is 14.4. The lowest BCUT2D eigenvalue weighted by Gasteiger charge is -2.62. The van der Waals surface area contributed by atoms with Crippen LogP contribution in [0.1, 0.15) is 68.2 Å². The number of carbonyl (C=O) groups excluding carboxylic acids is 4. The van der Waals surface area contributed by atoms with Crippen LogP contribution >= 0.6 is 0 Å². The number of benzene rings is 1. The van der Waals surface area contributed by atoms with E-state index in [-0.39, 0.29) is 29.9 Å². The summed E-state index contributed by atoms with van der Waals surface area (Å²) in [4.78, 5) is 55.9. The van der Waals surface area contributed by atoms with Gasteiger partial charge >= 0.3 is 23.9 Å². The van der Waals surface area contributed by atoms with Gasteiger partial charge in [-0.15, -0.1) is 0 Å². The van der Waals surface area contributed by atoms with Crippen LogP contribution < -0.4 is 0 Å². The van der Waals surface area contributed by atoms with Gasteiger partial charge in [0, 0.05) is 32.2 Å². The molecule has 2 aliphatic carbocycles. The van der Waals surface area contributed by atoms with Crippen LogP contribution in [-0.2, 0) is 33.3 Å². The second-order valence-electron chi connectivity index (χ2n) is 12.3. The van der Waals surface area contributed by atoms with Crippen molar-refractivity contribution in [3.63, 3.8) is 0 Å². The Morgan fingerprint density at radius 3 is 2.23 bits per heavy atom. The highest BCUT2D eigenvalue weighted by Crippen LogP contribution is 2.67. The van der Waals surface area contributed by atoms with Gasteiger partial charge in [0.25, 0.3) is 0 Å². The van der Waals surface area contributed by atoms with Crippen LogP contribution in [0.15, 0.2) is 54.9 Å². The highest BCUT2D eigenvalue weighted by atomic mass is 16.6. The number of aliphatic hydroxyl groups excluding tert-OH is 1. The Balaban J connectivity index is 1.71. The fourth-order valence-electron chi connectivity index (χ4n) is 7.54. The minimum absolute atomic E-state index is 0.164. The van der Waals surface area contributed by atoms with Crippen molar-refractivity contribution in [2.24, 2.45) is 17.3 Å². The topological polar surface area (TPSA) is 148 Å². The lowest BCUT2D eigenvalue weighted by Crippen LogP contribution is -2.76. The zero-order valence-electron chi connectivity index (χ0n) is 24.9. The molecule has 1 N–H and O–H groups in total. The van der Waals surface area contributed by atoms with Gasteiger partial charge in [-0.1, -0.05) is 25.1 Å². The van der Waals surface area contributed by atoms with Gasteiger partial charge in [-0.25, -0.2) is 9.59 Å². The Morgan fingerprint density at radius 1 is 0.930 bits per heavy atom. The number of fused-ring (bicyclic) bond motifs is 1. The highest BCUT2D eigenvalue weighted by molar-refractivity contribution is 5.90. The predicted molar refractivity (Wildman–Crippen MR) is 149 cm³/mol. The van der Waals surface area contributed by atoms with Crippen molar-refractivity contribution in [2.75, 3.05) is 6.61 Å². The van der Waals surface area contributed by atoms with E-state index in [1.807, 2.05) is 20.8 Å². The first-order chi connectivity index (χ1) is 20.3. The van der Waals surface area contributed by atoms with Crippen molar-refractivity contribution >= 4 is 23.9 Å². The van der Waals surface area contributed by atoms with Gasteiger partial charge in [0.05, 0.1) is 28.4 Å². The molecule has 8 atom stereocenters. The molecule has 1 aromatic carbocycles. The van der Waals surface area contributed by atoms with Gasteiger partial charge in [0.2, 0.25) is 0 Å². The van der Waals surface area contributed by atoms with Crippen LogP contribution in [0.2, 0.25) is 0 Å². The Kier molecular flexibility index (Phi) is 8.08. The van der Waals surface area contributed by atoms with E-state index >= 15 is 0 Å². The number of rotatable bonds is 7. The molecule has 2 saturated carbocycles. The van der Waals surface area contributed by atoms with Gasteiger partial charge in [-0.05, 0) is 56.9 Å². The van der Waals surface area contributed by atoms with E-state index in [2.05, 4.69) is 4.98 Å². The van der Waals surface area contributed by atoms with E-state index in [4.69, 9.17) is 23.7 Å². The number of aliphatic hydroxyl groups is 1. The van der Waals surface area contributed by atoms with Gasteiger partial charge < -0.3 is 28.8 Å². The minimum atomic E-state index is -1.69. The summed E-state index contributed by atoms with van der Waals surface area (Å²) in [6, 6.07) is 11.4. The molecule has 0 amide bonds. The van der Waals surface area contributed by atoms with Crippen molar-refractivity contribution in [2.45, 2.75) is 83.1 Å². The van der Waals surface area contributed by atoms with Crippen molar-refractivity contribution in [3.05, 3.63) is 66.0 Å². The predicted octanol–water partition coefficient (Wildman–Crippen LogP) is 3.28. The lowest BCUT2D eigenvalue weighted by molar-refractivity contribution is -0.305. The molecule has 11 heteroatoms. The van der Waals surface area contributed by atoms with Crippen LogP contribution in [0.3, 0.4) is 0 Å². The Hall–Kier alpha value is -3.83. The molecule has 5 rings (SSSR count). The number of pyridine rings is 1. The number of aromatic nitrogens is 1. The SMILES string of the molecule is CC(=O)O[C@H]1C[C@@H](C)[C@@]23C[C@@H]([C@@H](O)[C@H](OC(=O)c4ccccc4)[C@]2(COC(=O)c2cccnc2)[C@H]1OC(C)=O)C(C)(C)O3. The normalized spacial score (nSPS) is 33.9. The lowest BCUT2D eigenvalue weighted by atomic mass is 9.48. The second-order valence-corrected chi connectivity index (χ2v) is 12.3. The first kappa shape index (κ1) is 30.6. The number of esters is 4. The van der Waals surface area contributed by atoms with E-state index in [1.54, 1.807) is 36.4 Å². The third-order valence-electron chi connectivity index (χ3n) is 9.30. The molecule has 43 heavy (non-hydrogen) atoms. The van der Waals surface area contributed by atoms with Gasteiger partial charge in [-0.2, -0.15) is 0 Å². The van der Waals surface area contributed by atoms with E-state index in [9.17, 15) is 24.3 Å². The van der Waals surface area contributed by atoms with Gasteiger partial charge in [0.1, 0.15) is 24.2 Å². The molecular weight excluding hydrogens is 558 g/mol. The molecule has 230 valence electrons. The molecule has 2 aromatic rings. The van der Waals surface area contributed by atoms with Crippen LogP contribution in [0.4, 0.5) is 0 Å². The molecule has 0 radical (unpaired) electrons. The molecule has 2 heterocycles. The molecular formula is C32H37NO10. The maximum Gasteiger partial charge on any atom is 0.339 e. The number of nitrogens with zero attached hydrogens (tertiary/aromatic N) is 1. The third-order valence-corrected chi connectivity index (χ3v) is 9.30. The number of hydrogen-bond donors (Lipinski definition) is 1. The largest absolute Gasteiger partial charge is 0.461 e. The highest BCUT2D eigenvalue weighted by Gasteiger charge is 2.80. The first-order valence-electron chi connectivity index (χ1n) is 14.4. The molecule has 3 aliphatic rings. The summed E-state index contributed by atoms with van der Waals surface area (Å²) in [5, 5.41) is 12.0. The third kappa shape index (κ3) is 5.18. The molecule has 0 unspecified atom stereocenters. The van der Waals surface area contributed by atoms with Crippen LogP contribution in [0.5, 0.6) is 0 Å². The fraction of sp³-hybridized carbons (Fsp3) is 0.531. The van der Waals surface area contributed by atoms with E-state index in [1.165, 1.54) is 32.3 Å². The summed E-state index contributed by atoms with van der Waals surface area (Å²) in [5.41, 5.74) is -3.43. The van der Waals surface area contributed by atoms with Crippen LogP contribution in [0.25, 0.3) is 0 Å². The van der Waals surface area contributed by atoms with Crippen molar-refractivity contribution in [1.29, 1.82) is 0 Å². The monoisotopic (exact) mass is 595 g/mol. The number of ether oxygens (including phenoxy) is 5. The summed E-state index contributed by atoms with van der Waals surface area (Å²) >= 11 is 0. The van der Waals surface area contributed by atoms with Crippen LogP contribution in [-0.4, -0.2) is 76.2 Å². The maximum absolute atomic E-state index is 13.6. The van der Waals surface area contributed by atoms with E-state index in [0.29, 0.717) is 0 Å². The summed E-state index contributed by atoms with van der Waals surface area (Å²) < 4.78 is 30.7. The van der Waals surface area contributed by atoms with Crippen molar-refractivity contribution < 1.29 is 48.0 Å². The summed E-state index contributed by atoms with van der Waals surface area (Å²) in [6.45, 7) is 7.54. The average molecular weight is 596 g/mol. The van der Waals surface area contributed by atoms with Gasteiger partial charge in [0.15, 0.2) is 6.10 Å². The Labute approximate surface area is 249 Å². The summed E-state index contributed by atoms with van der Waals surface area (Å²) in [5.74, 6) is -3.66. The Morgan fingerprint density at radius 2 is 1.60 bits per heavy atom. The molecule has 1 aliphatic heterocycles. The van der Waals surface area contributed by atoms with E-state index in [0.717, 1.165) is 0 Å². The molecule has 11 nitrogen and oxygen atoms in total. The second kappa shape index (κ2) is 11.3. The average Bonchev–Trinajstić information content (AvgIpc) is 3.24. The number of carbonyl (C=O) groups is 4. The zero-order chi connectivity index (χ0) is 31.2. The number of hydrogen-bond acceptors (Lipinski definition) is 11. The summed E-state index contributed by atoms with van der Waals surface area (Å²) in [6.07, 6.45) is -1.66. The summed E-state index contributed by atoms with van der Waals surface area (Å²) in [7, 11) is 0. The zero-order valence-corrected chi connectivity index (χ0v) is 24.9. The fourth-order valence-corrected chi connectivity index (χ4v) is 7.54. The maximum atomic E-state index is 13.6. The van der Waals surface area contributed by atoms with Gasteiger partial charge in [-0.3, -0.25) is 14.6 Å². The smallest absolute Gasteiger partial charge is 0.339 e. The minimum Gasteiger partial charge on any atom is -0.461 e.